The summed E-state index contributed by atoms with van der Waals surface area (Å²) in [6.45, 7) is 3.40. The van der Waals surface area contributed by atoms with Crippen LogP contribution in [0, 0.1) is 5.92 Å². The zero-order valence-electron chi connectivity index (χ0n) is 8.42. The van der Waals surface area contributed by atoms with Gasteiger partial charge in [0.2, 0.25) is 0 Å². The van der Waals surface area contributed by atoms with Gasteiger partial charge < -0.3 is 5.32 Å². The summed E-state index contributed by atoms with van der Waals surface area (Å²) in [7, 11) is 0. The Bertz CT molecular complexity index is 221. The predicted octanol–water partition coefficient (Wildman–Crippen LogP) is 2.65. The first-order valence-corrected chi connectivity index (χ1v) is 5.44. The van der Waals surface area contributed by atoms with Crippen molar-refractivity contribution in [3.63, 3.8) is 0 Å². The molecule has 0 aromatic rings. The minimum Gasteiger partial charge on any atom is -0.313 e. The lowest BCUT2D eigenvalue weighted by molar-refractivity contribution is 0.332. The first-order valence-electron chi connectivity index (χ1n) is 5.44. The highest BCUT2D eigenvalue weighted by atomic mass is 14.9. The maximum Gasteiger partial charge on any atom is 0.0133 e. The van der Waals surface area contributed by atoms with Gasteiger partial charge in [-0.05, 0) is 38.6 Å². The minimum atomic E-state index is 0.745. The highest BCUT2D eigenvalue weighted by Gasteiger charge is 2.21. The summed E-state index contributed by atoms with van der Waals surface area (Å²) in [6.07, 6.45) is 12.4. The second kappa shape index (κ2) is 4.10. The van der Waals surface area contributed by atoms with Crippen molar-refractivity contribution in [2.24, 2.45) is 5.92 Å². The lowest BCUT2D eigenvalue weighted by Gasteiger charge is -2.30. The Morgan fingerprint density at radius 1 is 1.38 bits per heavy atom. The molecule has 1 unspecified atom stereocenters. The Balaban J connectivity index is 1.91. The third-order valence-corrected chi connectivity index (χ3v) is 3.18. The highest BCUT2D eigenvalue weighted by molar-refractivity contribution is 5.22. The summed E-state index contributed by atoms with van der Waals surface area (Å²) >= 11 is 0. The van der Waals surface area contributed by atoms with E-state index >= 15 is 0 Å². The van der Waals surface area contributed by atoms with Crippen molar-refractivity contribution < 1.29 is 0 Å². The topological polar surface area (TPSA) is 12.0 Å². The summed E-state index contributed by atoms with van der Waals surface area (Å²) in [4.78, 5) is 0. The van der Waals surface area contributed by atoms with Crippen LogP contribution in [-0.4, -0.2) is 12.6 Å². The van der Waals surface area contributed by atoms with E-state index in [4.69, 9.17) is 0 Å². The molecule has 1 saturated heterocycles. The zero-order chi connectivity index (χ0) is 9.10. The van der Waals surface area contributed by atoms with Crippen LogP contribution in [0.5, 0.6) is 0 Å². The van der Waals surface area contributed by atoms with Crippen LogP contribution in [-0.2, 0) is 0 Å². The zero-order valence-corrected chi connectivity index (χ0v) is 8.42. The molecule has 1 aliphatic heterocycles. The molecule has 1 N–H and O–H groups in total. The van der Waals surface area contributed by atoms with Crippen LogP contribution in [0.4, 0.5) is 0 Å². The second-order valence-corrected chi connectivity index (χ2v) is 4.26. The summed E-state index contributed by atoms with van der Waals surface area (Å²) in [5.74, 6) is 0.754. The van der Waals surface area contributed by atoms with E-state index < -0.39 is 0 Å². The fourth-order valence-electron chi connectivity index (χ4n) is 2.29. The summed E-state index contributed by atoms with van der Waals surface area (Å²) < 4.78 is 0. The molecule has 1 fully saturated rings. The van der Waals surface area contributed by atoms with Gasteiger partial charge in [0.05, 0.1) is 0 Å². The number of nitrogens with one attached hydrogen (secondary N) is 1. The van der Waals surface area contributed by atoms with Gasteiger partial charge in [-0.1, -0.05) is 30.2 Å². The van der Waals surface area contributed by atoms with E-state index in [2.05, 4.69) is 30.5 Å². The molecule has 0 aromatic carbocycles. The van der Waals surface area contributed by atoms with Gasteiger partial charge in [0.25, 0.3) is 0 Å². The normalized spacial score (nSPS) is 34.4. The molecule has 13 heavy (non-hydrogen) atoms. The Labute approximate surface area is 80.9 Å². The lowest BCUT2D eigenvalue weighted by Crippen LogP contribution is -2.39. The second-order valence-electron chi connectivity index (χ2n) is 4.26. The molecule has 0 spiro atoms. The fraction of sp³-hybridized carbons (Fsp3) is 0.667. The van der Waals surface area contributed by atoms with Crippen molar-refractivity contribution in [1.82, 2.24) is 5.32 Å². The Morgan fingerprint density at radius 2 is 2.31 bits per heavy atom. The average Bonchev–Trinajstić information content (AvgIpc) is 2.20. The van der Waals surface area contributed by atoms with E-state index in [-0.39, 0.29) is 0 Å². The van der Waals surface area contributed by atoms with Crippen LogP contribution in [0.2, 0.25) is 0 Å². The Hall–Kier alpha value is -0.560. The smallest absolute Gasteiger partial charge is 0.0133 e. The number of hydrogen-bond donors (Lipinski definition) is 1. The van der Waals surface area contributed by atoms with Crippen LogP contribution in [0.1, 0.15) is 32.6 Å². The molecule has 1 heteroatoms. The lowest BCUT2D eigenvalue weighted by atomic mass is 9.86. The molecule has 0 amide bonds. The number of hydrogen-bond acceptors (Lipinski definition) is 1. The standard InChI is InChI=1S/C12H19N/c1-10-5-7-11(8-6-10)12-4-2-3-9-13-12/h5-7,11-13H,2-4,8-9H2,1H3/t11?,12-/m1/s1. The van der Waals surface area contributed by atoms with E-state index in [9.17, 15) is 0 Å². The van der Waals surface area contributed by atoms with E-state index in [0.717, 1.165) is 12.0 Å². The van der Waals surface area contributed by atoms with Crippen LogP contribution >= 0.6 is 0 Å². The van der Waals surface area contributed by atoms with Crippen molar-refractivity contribution in [2.45, 2.75) is 38.6 Å². The van der Waals surface area contributed by atoms with E-state index in [1.165, 1.54) is 37.8 Å². The average molecular weight is 177 g/mol. The van der Waals surface area contributed by atoms with Gasteiger partial charge in [0, 0.05) is 6.04 Å². The summed E-state index contributed by atoms with van der Waals surface area (Å²) in [5.41, 5.74) is 1.42. The van der Waals surface area contributed by atoms with Crippen molar-refractivity contribution in [1.29, 1.82) is 0 Å². The number of rotatable bonds is 1. The molecule has 1 aliphatic carbocycles. The van der Waals surface area contributed by atoms with E-state index in [1.807, 2.05) is 0 Å². The molecule has 2 aliphatic rings. The van der Waals surface area contributed by atoms with Gasteiger partial charge in [-0.2, -0.15) is 0 Å². The third-order valence-electron chi connectivity index (χ3n) is 3.18. The van der Waals surface area contributed by atoms with Crippen LogP contribution in [0.3, 0.4) is 0 Å². The van der Waals surface area contributed by atoms with Gasteiger partial charge in [-0.3, -0.25) is 0 Å². The largest absolute Gasteiger partial charge is 0.313 e. The van der Waals surface area contributed by atoms with Gasteiger partial charge in [-0.15, -0.1) is 0 Å². The maximum atomic E-state index is 3.62. The molecule has 0 radical (unpaired) electrons. The van der Waals surface area contributed by atoms with Crippen LogP contribution < -0.4 is 5.32 Å². The summed E-state index contributed by atoms with van der Waals surface area (Å²) in [5, 5.41) is 3.62. The predicted molar refractivity (Wildman–Crippen MR) is 56.6 cm³/mol. The highest BCUT2D eigenvalue weighted by Crippen LogP contribution is 2.24. The van der Waals surface area contributed by atoms with E-state index in [0.29, 0.717) is 0 Å². The number of piperidine rings is 1. The van der Waals surface area contributed by atoms with Gasteiger partial charge >= 0.3 is 0 Å². The molecule has 2 atom stereocenters. The molecule has 1 heterocycles. The Kier molecular flexibility index (Phi) is 2.84. The Morgan fingerprint density at radius 3 is 2.92 bits per heavy atom. The summed E-state index contributed by atoms with van der Waals surface area (Å²) in [6, 6.07) is 0.745. The molecule has 2 rings (SSSR count). The molecule has 0 bridgehead atoms. The van der Waals surface area contributed by atoms with Crippen molar-refractivity contribution in [3.05, 3.63) is 23.8 Å². The molecule has 0 saturated carbocycles. The first kappa shape index (κ1) is 9.01. The van der Waals surface area contributed by atoms with Crippen molar-refractivity contribution >= 4 is 0 Å². The first-order chi connectivity index (χ1) is 6.36. The van der Waals surface area contributed by atoms with Crippen molar-refractivity contribution in [2.75, 3.05) is 6.54 Å². The van der Waals surface area contributed by atoms with Crippen molar-refractivity contribution in [3.8, 4) is 0 Å². The van der Waals surface area contributed by atoms with Gasteiger partial charge in [0.15, 0.2) is 0 Å². The molecule has 72 valence electrons. The maximum absolute atomic E-state index is 3.62. The third kappa shape index (κ3) is 2.22. The van der Waals surface area contributed by atoms with E-state index in [1.54, 1.807) is 0 Å². The minimum absolute atomic E-state index is 0.745. The molecule has 1 nitrogen and oxygen atoms in total. The van der Waals surface area contributed by atoms with Gasteiger partial charge in [0.1, 0.15) is 0 Å². The molecule has 0 aromatic heterocycles. The van der Waals surface area contributed by atoms with Crippen LogP contribution in [0.25, 0.3) is 0 Å². The van der Waals surface area contributed by atoms with Crippen LogP contribution in [0.15, 0.2) is 23.8 Å². The molecular weight excluding hydrogens is 158 g/mol. The van der Waals surface area contributed by atoms with Gasteiger partial charge in [-0.25, -0.2) is 0 Å². The SMILES string of the molecule is CC1=CCC([C@H]2CCCCN2)C=C1. The fourth-order valence-corrected chi connectivity index (χ4v) is 2.29. The molecular formula is C12H19N. The quantitative estimate of drug-likeness (QED) is 0.649. The monoisotopic (exact) mass is 177 g/mol. The number of allylic oxidation sites excluding steroid dienone is 3.